The molecule has 0 unspecified atom stereocenters. The van der Waals surface area contributed by atoms with Gasteiger partial charge in [-0.2, -0.15) is 5.10 Å². The number of rotatable bonds is 8. The molecule has 8 nitrogen and oxygen atoms in total. The summed E-state index contributed by atoms with van der Waals surface area (Å²) in [5.41, 5.74) is 2.37. The van der Waals surface area contributed by atoms with Crippen molar-refractivity contribution in [3.05, 3.63) is 53.9 Å². The number of hydrogen-bond acceptors (Lipinski definition) is 5. The molecule has 1 aliphatic heterocycles. The van der Waals surface area contributed by atoms with E-state index in [9.17, 15) is 8.42 Å². The Balaban J connectivity index is 1.54. The minimum absolute atomic E-state index is 0.258. The van der Waals surface area contributed by atoms with E-state index in [4.69, 9.17) is 4.99 Å². The van der Waals surface area contributed by atoms with E-state index in [0.29, 0.717) is 19.6 Å². The van der Waals surface area contributed by atoms with Gasteiger partial charge >= 0.3 is 0 Å². The van der Waals surface area contributed by atoms with Crippen molar-refractivity contribution in [3.63, 3.8) is 0 Å². The Morgan fingerprint density at radius 3 is 2.59 bits per heavy atom. The van der Waals surface area contributed by atoms with Crippen LogP contribution in [0, 0.1) is 0 Å². The van der Waals surface area contributed by atoms with Gasteiger partial charge in [-0.3, -0.25) is 9.58 Å². The number of guanidine groups is 1. The summed E-state index contributed by atoms with van der Waals surface area (Å²) in [5, 5.41) is 10.9. The molecule has 0 atom stereocenters. The van der Waals surface area contributed by atoms with Gasteiger partial charge in [0.15, 0.2) is 15.8 Å². The van der Waals surface area contributed by atoms with Crippen molar-refractivity contribution < 1.29 is 8.42 Å². The molecule has 1 aromatic heterocycles. The van der Waals surface area contributed by atoms with Crippen LogP contribution >= 0.6 is 0 Å². The molecule has 2 N–H and O–H groups in total. The minimum atomic E-state index is -2.83. The molecule has 0 bridgehead atoms. The number of hydrogen-bond donors (Lipinski definition) is 2. The summed E-state index contributed by atoms with van der Waals surface area (Å²) in [7, 11) is -2.83. The van der Waals surface area contributed by atoms with Crippen LogP contribution in [0.2, 0.25) is 0 Å². The number of aromatic nitrogens is 2. The van der Waals surface area contributed by atoms with Crippen molar-refractivity contribution in [1.29, 1.82) is 0 Å². The van der Waals surface area contributed by atoms with E-state index >= 15 is 0 Å². The molecule has 3 rings (SSSR count). The third kappa shape index (κ3) is 6.86. The molecule has 1 aromatic carbocycles. The number of sulfone groups is 1. The molecular formula is C20H30N6O2S. The van der Waals surface area contributed by atoms with Crippen molar-refractivity contribution in [1.82, 2.24) is 25.3 Å². The predicted molar refractivity (Wildman–Crippen MR) is 116 cm³/mol. The minimum Gasteiger partial charge on any atom is -0.357 e. The summed E-state index contributed by atoms with van der Waals surface area (Å²) in [6, 6.07) is 10.2. The first-order valence-corrected chi connectivity index (χ1v) is 11.9. The van der Waals surface area contributed by atoms with Gasteiger partial charge in [0.1, 0.15) is 0 Å². The fraction of sp³-hybridized carbons (Fsp3) is 0.500. The molecule has 29 heavy (non-hydrogen) atoms. The van der Waals surface area contributed by atoms with E-state index in [1.807, 2.05) is 36.0 Å². The lowest BCUT2D eigenvalue weighted by Crippen LogP contribution is -2.45. The maximum absolute atomic E-state index is 11.5. The van der Waals surface area contributed by atoms with Crippen LogP contribution in [0.25, 0.3) is 0 Å². The SMILES string of the molecule is CCNC(=NCc1ccccc1Cn1cccn1)NCCN1CCS(=O)(=O)CC1. The largest absolute Gasteiger partial charge is 0.357 e. The standard InChI is InChI=1S/C20H30N6O2S/c1-2-21-20(22-9-11-25-12-14-29(27,28)15-13-25)23-16-18-6-3-4-7-19(18)17-26-10-5-8-24-26/h3-8,10H,2,9,11-17H2,1H3,(H2,21,22,23). The first kappa shape index (κ1) is 21.3. The fourth-order valence-corrected chi connectivity index (χ4v) is 4.52. The van der Waals surface area contributed by atoms with Gasteiger partial charge in [0.25, 0.3) is 0 Å². The Hall–Kier alpha value is -2.39. The highest BCUT2D eigenvalue weighted by Gasteiger charge is 2.20. The van der Waals surface area contributed by atoms with Crippen molar-refractivity contribution in [2.45, 2.75) is 20.0 Å². The Labute approximate surface area is 172 Å². The molecule has 0 radical (unpaired) electrons. The third-order valence-electron chi connectivity index (χ3n) is 4.92. The lowest BCUT2D eigenvalue weighted by molar-refractivity contribution is 0.299. The molecule has 2 heterocycles. The Morgan fingerprint density at radius 2 is 1.90 bits per heavy atom. The second-order valence-electron chi connectivity index (χ2n) is 7.09. The number of nitrogens with one attached hydrogen (secondary N) is 2. The highest BCUT2D eigenvalue weighted by molar-refractivity contribution is 7.91. The van der Waals surface area contributed by atoms with Crippen molar-refractivity contribution in [3.8, 4) is 0 Å². The Kier molecular flexibility index (Phi) is 7.65. The first-order valence-electron chi connectivity index (χ1n) is 10.0. The predicted octanol–water partition coefficient (Wildman–Crippen LogP) is 0.717. The molecule has 9 heteroatoms. The van der Waals surface area contributed by atoms with E-state index in [2.05, 4.69) is 32.8 Å². The van der Waals surface area contributed by atoms with Crippen molar-refractivity contribution >= 4 is 15.8 Å². The van der Waals surface area contributed by atoms with E-state index in [-0.39, 0.29) is 11.5 Å². The van der Waals surface area contributed by atoms with Crippen LogP contribution < -0.4 is 10.6 Å². The van der Waals surface area contributed by atoms with Gasteiger partial charge in [-0.15, -0.1) is 0 Å². The molecule has 0 aliphatic carbocycles. The Bertz CT molecular complexity index is 881. The van der Waals surface area contributed by atoms with Gasteiger partial charge in [-0.25, -0.2) is 13.4 Å². The van der Waals surface area contributed by atoms with Gasteiger partial charge in [0, 0.05) is 45.1 Å². The summed E-state index contributed by atoms with van der Waals surface area (Å²) in [6.07, 6.45) is 3.74. The monoisotopic (exact) mass is 418 g/mol. The van der Waals surface area contributed by atoms with Crippen LogP contribution in [0.15, 0.2) is 47.7 Å². The third-order valence-corrected chi connectivity index (χ3v) is 6.53. The van der Waals surface area contributed by atoms with Crippen LogP contribution in [-0.2, 0) is 22.9 Å². The summed E-state index contributed by atoms with van der Waals surface area (Å²) >= 11 is 0. The van der Waals surface area contributed by atoms with E-state index in [1.165, 1.54) is 11.1 Å². The molecule has 0 spiro atoms. The quantitative estimate of drug-likeness (QED) is 0.485. The normalized spacial score (nSPS) is 17.2. The van der Waals surface area contributed by atoms with Crippen LogP contribution in [0.5, 0.6) is 0 Å². The molecule has 2 aromatic rings. The lowest BCUT2D eigenvalue weighted by Gasteiger charge is -2.26. The molecule has 1 saturated heterocycles. The van der Waals surface area contributed by atoms with E-state index in [0.717, 1.165) is 32.1 Å². The molecule has 0 saturated carbocycles. The number of nitrogens with zero attached hydrogens (tertiary/aromatic N) is 4. The number of benzene rings is 1. The highest BCUT2D eigenvalue weighted by atomic mass is 32.2. The zero-order valence-corrected chi connectivity index (χ0v) is 17.7. The van der Waals surface area contributed by atoms with Crippen molar-refractivity contribution in [2.24, 2.45) is 4.99 Å². The van der Waals surface area contributed by atoms with Gasteiger partial charge in [0.05, 0.1) is 24.6 Å². The average molecular weight is 419 g/mol. The zero-order chi connectivity index (χ0) is 20.5. The molecule has 158 valence electrons. The summed E-state index contributed by atoms with van der Waals surface area (Å²) < 4.78 is 25.0. The second kappa shape index (κ2) is 10.4. The highest BCUT2D eigenvalue weighted by Crippen LogP contribution is 2.11. The smallest absolute Gasteiger partial charge is 0.191 e. The van der Waals surface area contributed by atoms with Crippen LogP contribution in [0.1, 0.15) is 18.1 Å². The van der Waals surface area contributed by atoms with Crippen LogP contribution in [0.3, 0.4) is 0 Å². The molecule has 1 fully saturated rings. The second-order valence-corrected chi connectivity index (χ2v) is 9.39. The summed E-state index contributed by atoms with van der Waals surface area (Å²) in [5.74, 6) is 1.29. The molecule has 0 amide bonds. The average Bonchev–Trinajstić information content (AvgIpc) is 3.21. The Morgan fingerprint density at radius 1 is 1.14 bits per heavy atom. The summed E-state index contributed by atoms with van der Waals surface area (Å²) in [6.45, 7) is 6.87. The van der Waals surface area contributed by atoms with E-state index in [1.54, 1.807) is 6.20 Å². The lowest BCUT2D eigenvalue weighted by atomic mass is 10.1. The maximum Gasteiger partial charge on any atom is 0.191 e. The van der Waals surface area contributed by atoms with Gasteiger partial charge in [0.2, 0.25) is 0 Å². The topological polar surface area (TPSA) is 91.6 Å². The maximum atomic E-state index is 11.5. The van der Waals surface area contributed by atoms with Crippen molar-refractivity contribution in [2.75, 3.05) is 44.2 Å². The van der Waals surface area contributed by atoms with Crippen LogP contribution in [0.4, 0.5) is 0 Å². The first-order chi connectivity index (χ1) is 14.1. The van der Waals surface area contributed by atoms with E-state index < -0.39 is 9.84 Å². The molecule has 1 aliphatic rings. The van der Waals surface area contributed by atoms with Gasteiger partial charge < -0.3 is 10.6 Å². The van der Waals surface area contributed by atoms with Gasteiger partial charge in [-0.05, 0) is 24.1 Å². The number of aliphatic imine (C=N–C) groups is 1. The van der Waals surface area contributed by atoms with Gasteiger partial charge in [-0.1, -0.05) is 24.3 Å². The fourth-order valence-electron chi connectivity index (χ4n) is 3.25. The van der Waals surface area contributed by atoms with Crippen LogP contribution in [-0.4, -0.2) is 73.3 Å². The summed E-state index contributed by atoms with van der Waals surface area (Å²) in [4.78, 5) is 6.91. The zero-order valence-electron chi connectivity index (χ0n) is 16.9. The molecular weight excluding hydrogens is 388 g/mol.